The van der Waals surface area contributed by atoms with Crippen LogP contribution in [0.4, 0.5) is 11.4 Å². The van der Waals surface area contributed by atoms with E-state index in [1.54, 1.807) is 6.07 Å². The fourth-order valence-corrected chi connectivity index (χ4v) is 2.11. The first-order valence-corrected chi connectivity index (χ1v) is 5.99. The van der Waals surface area contributed by atoms with Crippen molar-refractivity contribution in [2.45, 2.75) is 0 Å². The molecule has 0 atom stereocenters. The predicted molar refractivity (Wildman–Crippen MR) is 72.8 cm³/mol. The summed E-state index contributed by atoms with van der Waals surface area (Å²) < 4.78 is 10.6. The van der Waals surface area contributed by atoms with E-state index in [1.807, 2.05) is 0 Å². The molecule has 0 amide bonds. The van der Waals surface area contributed by atoms with E-state index in [0.717, 1.165) is 18.8 Å². The molecular weight excluding hydrogens is 248 g/mol. The van der Waals surface area contributed by atoms with Crippen molar-refractivity contribution in [1.82, 2.24) is 0 Å². The molecular formula is C13H16N2O4. The first kappa shape index (κ1) is 13.4. The number of hydrogen-bond acceptors (Lipinski definition) is 5. The van der Waals surface area contributed by atoms with Crippen molar-refractivity contribution < 1.29 is 14.4 Å². The summed E-state index contributed by atoms with van der Waals surface area (Å²) in [7, 11) is 1.51. The molecule has 6 heteroatoms. The highest BCUT2D eigenvalue weighted by atomic mass is 16.6. The Morgan fingerprint density at radius 1 is 1.47 bits per heavy atom. The van der Waals surface area contributed by atoms with Crippen LogP contribution < -0.4 is 9.64 Å². The van der Waals surface area contributed by atoms with Gasteiger partial charge < -0.3 is 14.4 Å². The summed E-state index contributed by atoms with van der Waals surface area (Å²) in [6.07, 6.45) is 1.49. The third-order valence-corrected chi connectivity index (χ3v) is 3.10. The molecule has 2 rings (SSSR count). The van der Waals surface area contributed by atoms with Crippen molar-refractivity contribution in [3.05, 3.63) is 34.4 Å². The van der Waals surface area contributed by atoms with Gasteiger partial charge in [-0.3, -0.25) is 10.1 Å². The van der Waals surface area contributed by atoms with Crippen LogP contribution in [-0.4, -0.2) is 38.3 Å². The molecule has 6 nitrogen and oxygen atoms in total. The lowest BCUT2D eigenvalue weighted by Crippen LogP contribution is -2.36. The number of nitro groups is 1. The predicted octanol–water partition coefficient (Wildman–Crippen LogP) is 2.08. The molecule has 19 heavy (non-hydrogen) atoms. The number of hydrogen-bond donors (Lipinski definition) is 0. The zero-order valence-electron chi connectivity index (χ0n) is 10.8. The Morgan fingerprint density at radius 2 is 2.16 bits per heavy atom. The van der Waals surface area contributed by atoms with Crippen LogP contribution in [-0.2, 0) is 4.74 Å². The van der Waals surface area contributed by atoms with E-state index in [1.165, 1.54) is 19.3 Å². The summed E-state index contributed by atoms with van der Waals surface area (Å²) in [6.45, 7) is 6.39. The molecule has 0 spiro atoms. The second kappa shape index (κ2) is 5.71. The monoisotopic (exact) mass is 264 g/mol. The van der Waals surface area contributed by atoms with Crippen LogP contribution in [0.2, 0.25) is 0 Å². The van der Waals surface area contributed by atoms with Crippen LogP contribution in [0.3, 0.4) is 0 Å². The molecule has 1 aliphatic heterocycles. The van der Waals surface area contributed by atoms with Crippen LogP contribution in [0.15, 0.2) is 18.7 Å². The lowest BCUT2D eigenvalue weighted by atomic mass is 10.1. The van der Waals surface area contributed by atoms with Crippen molar-refractivity contribution in [3.8, 4) is 5.75 Å². The quantitative estimate of drug-likeness (QED) is 0.615. The zero-order valence-corrected chi connectivity index (χ0v) is 10.8. The number of rotatable bonds is 4. The molecule has 1 heterocycles. The highest BCUT2D eigenvalue weighted by Crippen LogP contribution is 2.36. The molecule has 0 N–H and O–H groups in total. The Kier molecular flexibility index (Phi) is 4.01. The second-order valence-corrected chi connectivity index (χ2v) is 4.14. The number of nitrogens with zero attached hydrogens (tertiary/aromatic N) is 2. The first-order chi connectivity index (χ1) is 9.17. The third-order valence-electron chi connectivity index (χ3n) is 3.10. The van der Waals surface area contributed by atoms with Crippen molar-refractivity contribution in [2.75, 3.05) is 38.3 Å². The van der Waals surface area contributed by atoms with Gasteiger partial charge in [0.05, 0.1) is 42.6 Å². The lowest BCUT2D eigenvalue weighted by Gasteiger charge is -2.30. The van der Waals surface area contributed by atoms with Crippen LogP contribution in [0.5, 0.6) is 5.75 Å². The smallest absolute Gasteiger partial charge is 0.280 e. The van der Waals surface area contributed by atoms with E-state index < -0.39 is 4.92 Å². The summed E-state index contributed by atoms with van der Waals surface area (Å²) in [4.78, 5) is 12.7. The fraction of sp³-hybridized carbons (Fsp3) is 0.385. The number of methoxy groups -OCH3 is 1. The lowest BCUT2D eigenvalue weighted by molar-refractivity contribution is -0.385. The zero-order chi connectivity index (χ0) is 13.8. The number of anilines is 1. The highest BCUT2D eigenvalue weighted by Gasteiger charge is 2.21. The van der Waals surface area contributed by atoms with E-state index >= 15 is 0 Å². The average Bonchev–Trinajstić information content (AvgIpc) is 2.46. The van der Waals surface area contributed by atoms with Gasteiger partial charge in [-0.05, 0) is 6.07 Å². The summed E-state index contributed by atoms with van der Waals surface area (Å²) in [5.74, 6) is 0.499. The molecule has 1 fully saturated rings. The Bertz CT molecular complexity index is 496. The number of nitro benzene ring substituents is 1. The van der Waals surface area contributed by atoms with Gasteiger partial charge in [0, 0.05) is 13.1 Å². The topological polar surface area (TPSA) is 64.8 Å². The van der Waals surface area contributed by atoms with Crippen molar-refractivity contribution >= 4 is 17.5 Å². The molecule has 0 aromatic heterocycles. The van der Waals surface area contributed by atoms with Gasteiger partial charge in [0.15, 0.2) is 0 Å². The number of benzene rings is 1. The molecule has 0 radical (unpaired) electrons. The molecule has 0 aliphatic carbocycles. The Labute approximate surface area is 111 Å². The summed E-state index contributed by atoms with van der Waals surface area (Å²) >= 11 is 0. The van der Waals surface area contributed by atoms with Gasteiger partial charge >= 0.3 is 0 Å². The molecule has 0 saturated carbocycles. The molecule has 1 aromatic rings. The Balaban J connectivity index is 2.47. The number of morpholine rings is 1. The Hall–Kier alpha value is -2.08. The van der Waals surface area contributed by atoms with Gasteiger partial charge in [0.25, 0.3) is 5.69 Å². The van der Waals surface area contributed by atoms with E-state index in [0.29, 0.717) is 24.5 Å². The highest BCUT2D eigenvalue weighted by molar-refractivity contribution is 5.72. The van der Waals surface area contributed by atoms with E-state index in [-0.39, 0.29) is 5.69 Å². The number of ether oxygens (including phenoxy) is 2. The summed E-state index contributed by atoms with van der Waals surface area (Å²) in [5, 5.41) is 11.0. The van der Waals surface area contributed by atoms with E-state index in [2.05, 4.69) is 11.5 Å². The molecule has 1 aliphatic rings. The van der Waals surface area contributed by atoms with Gasteiger partial charge in [-0.15, -0.1) is 0 Å². The maximum Gasteiger partial charge on any atom is 0.280 e. The average molecular weight is 264 g/mol. The van der Waals surface area contributed by atoms with Gasteiger partial charge in [-0.1, -0.05) is 12.7 Å². The van der Waals surface area contributed by atoms with Gasteiger partial charge in [-0.2, -0.15) is 0 Å². The summed E-state index contributed by atoms with van der Waals surface area (Å²) in [6, 6.07) is 3.19. The minimum Gasteiger partial charge on any atom is -0.494 e. The van der Waals surface area contributed by atoms with Crippen molar-refractivity contribution in [1.29, 1.82) is 0 Å². The van der Waals surface area contributed by atoms with Crippen LogP contribution in [0.1, 0.15) is 5.56 Å². The van der Waals surface area contributed by atoms with Crippen molar-refractivity contribution in [2.24, 2.45) is 0 Å². The van der Waals surface area contributed by atoms with Crippen LogP contribution in [0.25, 0.3) is 6.08 Å². The first-order valence-electron chi connectivity index (χ1n) is 5.99. The second-order valence-electron chi connectivity index (χ2n) is 4.14. The van der Waals surface area contributed by atoms with Gasteiger partial charge in [0.1, 0.15) is 5.75 Å². The SMILES string of the molecule is C=Cc1cc(N2CCOCC2)c(OC)cc1[N+](=O)[O-]. The fourth-order valence-electron chi connectivity index (χ4n) is 2.11. The molecule has 0 bridgehead atoms. The van der Waals surface area contributed by atoms with Crippen LogP contribution in [0, 0.1) is 10.1 Å². The van der Waals surface area contributed by atoms with E-state index in [4.69, 9.17) is 9.47 Å². The normalized spacial score (nSPS) is 15.1. The van der Waals surface area contributed by atoms with Crippen LogP contribution >= 0.6 is 0 Å². The minimum absolute atomic E-state index is 0.00357. The largest absolute Gasteiger partial charge is 0.494 e. The van der Waals surface area contributed by atoms with E-state index in [9.17, 15) is 10.1 Å². The molecule has 1 aromatic carbocycles. The van der Waals surface area contributed by atoms with Gasteiger partial charge in [-0.25, -0.2) is 0 Å². The minimum atomic E-state index is -0.428. The van der Waals surface area contributed by atoms with Gasteiger partial charge in [0.2, 0.25) is 0 Å². The third kappa shape index (κ3) is 2.68. The molecule has 0 unspecified atom stereocenters. The standard InChI is InChI=1S/C13H16N2O4/c1-3-10-8-12(14-4-6-19-7-5-14)13(18-2)9-11(10)15(16)17/h3,8-9H,1,4-7H2,2H3. The molecule has 102 valence electrons. The summed E-state index contributed by atoms with van der Waals surface area (Å²) in [5.41, 5.74) is 1.34. The Morgan fingerprint density at radius 3 is 2.68 bits per heavy atom. The maximum absolute atomic E-state index is 11.0. The molecule has 1 saturated heterocycles. The maximum atomic E-state index is 11.0. The van der Waals surface area contributed by atoms with Crippen molar-refractivity contribution in [3.63, 3.8) is 0 Å².